The van der Waals surface area contributed by atoms with Crippen molar-refractivity contribution >= 4 is 5.91 Å². The lowest BCUT2D eigenvalue weighted by molar-refractivity contribution is -0.121. The number of carbonyl (C=O) groups is 1. The molecule has 0 unspecified atom stereocenters. The molecule has 0 radical (unpaired) electrons. The zero-order valence-electron chi connectivity index (χ0n) is 18.9. The van der Waals surface area contributed by atoms with Gasteiger partial charge >= 0.3 is 0 Å². The highest BCUT2D eigenvalue weighted by Gasteiger charge is 2.18. The number of nitrogens with zero attached hydrogens (tertiary/aromatic N) is 2. The van der Waals surface area contributed by atoms with Gasteiger partial charge in [-0.25, -0.2) is 4.98 Å². The van der Waals surface area contributed by atoms with E-state index in [-0.39, 0.29) is 5.91 Å². The van der Waals surface area contributed by atoms with E-state index >= 15 is 0 Å². The molecule has 5 heteroatoms. The number of aromatic nitrogens is 1. The molecule has 1 N–H and O–H groups in total. The Morgan fingerprint density at radius 3 is 2.66 bits per heavy atom. The summed E-state index contributed by atoms with van der Waals surface area (Å²) in [4.78, 5) is 19.1. The normalized spacial score (nSPS) is 16.7. The minimum atomic E-state index is 0.0612. The topological polar surface area (TPSA) is 58.4 Å². The smallest absolute Gasteiger partial charge is 0.220 e. The molecule has 168 valence electrons. The van der Waals surface area contributed by atoms with Crippen LogP contribution in [0.2, 0.25) is 0 Å². The summed E-state index contributed by atoms with van der Waals surface area (Å²) in [7, 11) is 0. The van der Waals surface area contributed by atoms with Crippen LogP contribution in [0.5, 0.6) is 0 Å². The Hall–Kier alpha value is -2.92. The highest BCUT2D eigenvalue weighted by molar-refractivity contribution is 5.75. The molecule has 5 nitrogen and oxygen atoms in total. The fourth-order valence-corrected chi connectivity index (χ4v) is 4.24. The van der Waals surface area contributed by atoms with Gasteiger partial charge in [0.05, 0.1) is 6.20 Å². The molecule has 2 heterocycles. The second-order valence-electron chi connectivity index (χ2n) is 8.75. The molecule has 0 bridgehead atoms. The van der Waals surface area contributed by atoms with Crippen molar-refractivity contribution in [1.82, 2.24) is 15.2 Å². The Morgan fingerprint density at radius 1 is 1.09 bits per heavy atom. The van der Waals surface area contributed by atoms with Crippen LogP contribution in [0.1, 0.15) is 56.0 Å². The van der Waals surface area contributed by atoms with Crippen LogP contribution in [-0.4, -0.2) is 28.4 Å². The van der Waals surface area contributed by atoms with Crippen LogP contribution in [0.3, 0.4) is 0 Å². The molecule has 0 saturated carbocycles. The Kier molecular flexibility index (Phi) is 7.73. The first-order valence-electron chi connectivity index (χ1n) is 11.8. The summed E-state index contributed by atoms with van der Waals surface area (Å²) in [6.45, 7) is 5.10. The summed E-state index contributed by atoms with van der Waals surface area (Å²) >= 11 is 0. The van der Waals surface area contributed by atoms with Crippen LogP contribution in [0.25, 0.3) is 11.3 Å². The fourth-order valence-electron chi connectivity index (χ4n) is 4.24. The van der Waals surface area contributed by atoms with Gasteiger partial charge < -0.3 is 9.73 Å². The van der Waals surface area contributed by atoms with Gasteiger partial charge in [-0.15, -0.1) is 0 Å². The Balaban J connectivity index is 1.16. The molecular weight excluding hydrogens is 398 g/mol. The van der Waals surface area contributed by atoms with E-state index in [1.165, 1.54) is 31.4 Å². The van der Waals surface area contributed by atoms with Crippen molar-refractivity contribution < 1.29 is 9.21 Å². The van der Waals surface area contributed by atoms with Crippen LogP contribution in [-0.2, 0) is 24.3 Å². The third-order valence-corrected chi connectivity index (χ3v) is 6.25. The number of oxazole rings is 1. The number of piperidine rings is 1. The standard InChI is InChI=1S/C27H33N3O2/c1-21-8-5-6-17-30(21)20-23-15-13-22(14-16-23)18-28-26(31)11-7-12-27-29-19-25(32-27)24-9-3-2-4-10-24/h2-4,9-10,13-16,19,21H,5-8,11-12,17-18,20H2,1H3,(H,28,31)/t21-/m1/s1. The lowest BCUT2D eigenvalue weighted by atomic mass is 10.0. The number of hydrogen-bond acceptors (Lipinski definition) is 4. The molecule has 1 atom stereocenters. The number of likely N-dealkylation sites (tertiary alicyclic amines) is 1. The molecule has 1 saturated heterocycles. The minimum absolute atomic E-state index is 0.0612. The Morgan fingerprint density at radius 2 is 1.88 bits per heavy atom. The van der Waals surface area contributed by atoms with Crippen molar-refractivity contribution in [3.63, 3.8) is 0 Å². The first-order valence-corrected chi connectivity index (χ1v) is 11.8. The maximum atomic E-state index is 12.2. The van der Waals surface area contributed by atoms with Crippen molar-refractivity contribution in [2.24, 2.45) is 0 Å². The molecule has 4 rings (SSSR count). The molecule has 0 aliphatic carbocycles. The van der Waals surface area contributed by atoms with Crippen LogP contribution >= 0.6 is 0 Å². The van der Waals surface area contributed by atoms with Crippen molar-refractivity contribution in [3.8, 4) is 11.3 Å². The maximum absolute atomic E-state index is 12.2. The molecule has 1 aliphatic heterocycles. The largest absolute Gasteiger partial charge is 0.441 e. The van der Waals surface area contributed by atoms with E-state index in [1.54, 1.807) is 6.20 Å². The molecule has 3 aromatic rings. The van der Waals surface area contributed by atoms with Crippen LogP contribution in [0, 0.1) is 0 Å². The van der Waals surface area contributed by atoms with Crippen molar-refractivity contribution in [2.75, 3.05) is 6.54 Å². The number of nitrogens with one attached hydrogen (secondary N) is 1. The van der Waals surface area contributed by atoms with Gasteiger partial charge in [0, 0.05) is 37.5 Å². The number of hydrogen-bond donors (Lipinski definition) is 1. The Labute approximate surface area is 190 Å². The fraction of sp³-hybridized carbons (Fsp3) is 0.407. The van der Waals surface area contributed by atoms with Gasteiger partial charge in [-0.05, 0) is 43.9 Å². The third kappa shape index (κ3) is 6.30. The van der Waals surface area contributed by atoms with E-state index in [1.807, 2.05) is 30.3 Å². The summed E-state index contributed by atoms with van der Waals surface area (Å²) < 4.78 is 5.81. The van der Waals surface area contributed by atoms with E-state index in [0.717, 1.165) is 23.4 Å². The van der Waals surface area contributed by atoms with Crippen LogP contribution in [0.4, 0.5) is 0 Å². The minimum Gasteiger partial charge on any atom is -0.441 e. The average molecular weight is 432 g/mol. The highest BCUT2D eigenvalue weighted by Crippen LogP contribution is 2.21. The summed E-state index contributed by atoms with van der Waals surface area (Å²) in [5.41, 5.74) is 3.49. The second-order valence-corrected chi connectivity index (χ2v) is 8.75. The zero-order chi connectivity index (χ0) is 22.2. The number of aryl methyl sites for hydroxylation is 1. The lowest BCUT2D eigenvalue weighted by Crippen LogP contribution is -2.36. The first kappa shape index (κ1) is 22.3. The lowest BCUT2D eigenvalue weighted by Gasteiger charge is -2.33. The molecule has 1 amide bonds. The SMILES string of the molecule is C[C@@H]1CCCCN1Cc1ccc(CNC(=O)CCCc2ncc(-c3ccccc3)o2)cc1. The van der Waals surface area contributed by atoms with E-state index in [0.29, 0.717) is 37.7 Å². The quantitative estimate of drug-likeness (QED) is 0.496. The van der Waals surface area contributed by atoms with Gasteiger partial charge in [0.25, 0.3) is 0 Å². The van der Waals surface area contributed by atoms with E-state index < -0.39 is 0 Å². The predicted octanol–water partition coefficient (Wildman–Crippen LogP) is 5.36. The van der Waals surface area contributed by atoms with Gasteiger partial charge in [-0.2, -0.15) is 0 Å². The highest BCUT2D eigenvalue weighted by atomic mass is 16.4. The van der Waals surface area contributed by atoms with Crippen LogP contribution < -0.4 is 5.32 Å². The van der Waals surface area contributed by atoms with Crippen molar-refractivity contribution in [3.05, 3.63) is 77.8 Å². The van der Waals surface area contributed by atoms with E-state index in [4.69, 9.17) is 4.42 Å². The van der Waals surface area contributed by atoms with Gasteiger partial charge in [-0.1, -0.05) is 61.0 Å². The van der Waals surface area contributed by atoms with Crippen LogP contribution in [0.15, 0.2) is 65.2 Å². The summed E-state index contributed by atoms with van der Waals surface area (Å²) in [6.07, 6.45) is 7.54. The van der Waals surface area contributed by atoms with Crippen molar-refractivity contribution in [2.45, 2.75) is 64.6 Å². The summed E-state index contributed by atoms with van der Waals surface area (Å²) in [6, 6.07) is 19.2. The zero-order valence-corrected chi connectivity index (χ0v) is 18.9. The first-order chi connectivity index (χ1) is 15.7. The number of carbonyl (C=O) groups excluding carboxylic acids is 1. The molecule has 1 aliphatic rings. The molecule has 1 fully saturated rings. The van der Waals surface area contributed by atoms with Crippen molar-refractivity contribution in [1.29, 1.82) is 0 Å². The summed E-state index contributed by atoms with van der Waals surface area (Å²) in [5.74, 6) is 1.50. The average Bonchev–Trinajstić information content (AvgIpc) is 3.30. The van der Waals surface area contributed by atoms with Gasteiger partial charge in [-0.3, -0.25) is 9.69 Å². The number of amides is 1. The monoisotopic (exact) mass is 431 g/mol. The molecule has 1 aromatic heterocycles. The Bertz CT molecular complexity index is 982. The van der Waals surface area contributed by atoms with E-state index in [2.05, 4.69) is 46.4 Å². The molecule has 2 aromatic carbocycles. The number of rotatable bonds is 9. The molecular formula is C27H33N3O2. The van der Waals surface area contributed by atoms with Gasteiger partial charge in [0.1, 0.15) is 0 Å². The second kappa shape index (κ2) is 11.1. The molecule has 0 spiro atoms. The van der Waals surface area contributed by atoms with Gasteiger partial charge in [0.15, 0.2) is 11.7 Å². The maximum Gasteiger partial charge on any atom is 0.220 e. The van der Waals surface area contributed by atoms with Gasteiger partial charge in [0.2, 0.25) is 5.91 Å². The predicted molar refractivity (Wildman–Crippen MR) is 127 cm³/mol. The number of benzene rings is 2. The summed E-state index contributed by atoms with van der Waals surface area (Å²) in [5, 5.41) is 3.02. The third-order valence-electron chi connectivity index (χ3n) is 6.25. The molecule has 32 heavy (non-hydrogen) atoms. The van der Waals surface area contributed by atoms with E-state index in [9.17, 15) is 4.79 Å².